The SMILES string of the molecule is Cc1ccc(-n2c(-c3ccccc3)cc(/C=N/Nc3ccccc3)c2-c2ccccc2)cc1. The quantitative estimate of drug-likeness (QED) is 0.220. The van der Waals surface area contributed by atoms with Crippen molar-refractivity contribution in [2.75, 3.05) is 5.43 Å². The number of nitrogens with one attached hydrogen (secondary N) is 1. The Hall–Kier alpha value is -4.37. The van der Waals surface area contributed by atoms with Gasteiger partial charge >= 0.3 is 0 Å². The molecular weight excluding hydrogens is 402 g/mol. The molecule has 0 aliphatic carbocycles. The standard InChI is InChI=1S/C30H25N3/c1-23-17-19-28(20-18-23)33-29(24-11-5-2-6-12-24)21-26(30(33)25-13-7-3-8-14-25)22-31-32-27-15-9-4-10-16-27/h2-22,32H,1H3/b31-22+. The number of anilines is 1. The molecule has 0 unspecified atom stereocenters. The van der Waals surface area contributed by atoms with Crippen molar-refractivity contribution in [2.45, 2.75) is 6.92 Å². The number of para-hydroxylation sites is 1. The minimum Gasteiger partial charge on any atom is -0.309 e. The number of rotatable bonds is 6. The van der Waals surface area contributed by atoms with E-state index in [1.165, 1.54) is 5.56 Å². The number of nitrogens with zero attached hydrogens (tertiary/aromatic N) is 2. The Labute approximate surface area is 194 Å². The number of aryl methyl sites for hydroxylation is 1. The highest BCUT2D eigenvalue weighted by molar-refractivity contribution is 5.93. The minimum absolute atomic E-state index is 0.955. The maximum absolute atomic E-state index is 4.57. The number of benzene rings is 4. The second kappa shape index (κ2) is 9.41. The Morgan fingerprint density at radius 3 is 1.88 bits per heavy atom. The monoisotopic (exact) mass is 427 g/mol. The first-order valence-corrected chi connectivity index (χ1v) is 11.1. The van der Waals surface area contributed by atoms with E-state index in [0.717, 1.165) is 39.5 Å². The first-order valence-electron chi connectivity index (χ1n) is 11.1. The lowest BCUT2D eigenvalue weighted by molar-refractivity contribution is 1.09. The molecule has 33 heavy (non-hydrogen) atoms. The van der Waals surface area contributed by atoms with Crippen LogP contribution >= 0.6 is 0 Å². The normalized spacial score (nSPS) is 11.1. The zero-order chi connectivity index (χ0) is 22.5. The van der Waals surface area contributed by atoms with Gasteiger partial charge in [-0.05, 0) is 48.4 Å². The van der Waals surface area contributed by atoms with E-state index >= 15 is 0 Å². The lowest BCUT2D eigenvalue weighted by atomic mass is 10.1. The summed E-state index contributed by atoms with van der Waals surface area (Å²) >= 11 is 0. The Bertz CT molecular complexity index is 1350. The van der Waals surface area contributed by atoms with Crippen LogP contribution in [0.3, 0.4) is 0 Å². The summed E-state index contributed by atoms with van der Waals surface area (Å²) in [5, 5.41) is 4.57. The summed E-state index contributed by atoms with van der Waals surface area (Å²) in [5.74, 6) is 0. The van der Waals surface area contributed by atoms with Crippen LogP contribution in [0.5, 0.6) is 0 Å². The fraction of sp³-hybridized carbons (Fsp3) is 0.0333. The first-order chi connectivity index (χ1) is 16.3. The Morgan fingerprint density at radius 1 is 0.667 bits per heavy atom. The van der Waals surface area contributed by atoms with Gasteiger partial charge in [-0.15, -0.1) is 0 Å². The van der Waals surface area contributed by atoms with Crippen LogP contribution in [0.15, 0.2) is 126 Å². The summed E-state index contributed by atoms with van der Waals surface area (Å²) in [5.41, 5.74) is 12.0. The van der Waals surface area contributed by atoms with Crippen molar-refractivity contribution in [1.29, 1.82) is 0 Å². The Kier molecular flexibility index (Phi) is 5.85. The molecule has 0 saturated carbocycles. The Balaban J connectivity index is 1.70. The van der Waals surface area contributed by atoms with Crippen LogP contribution in [0.4, 0.5) is 5.69 Å². The molecule has 0 fully saturated rings. The molecule has 0 amide bonds. The van der Waals surface area contributed by atoms with Gasteiger partial charge in [-0.3, -0.25) is 5.43 Å². The van der Waals surface area contributed by atoms with Gasteiger partial charge in [0.1, 0.15) is 0 Å². The van der Waals surface area contributed by atoms with E-state index in [9.17, 15) is 0 Å². The van der Waals surface area contributed by atoms with Gasteiger partial charge in [0.05, 0.1) is 23.3 Å². The van der Waals surface area contributed by atoms with Gasteiger partial charge < -0.3 is 4.57 Å². The van der Waals surface area contributed by atoms with E-state index in [1.807, 2.05) is 48.7 Å². The average molecular weight is 428 g/mol. The fourth-order valence-electron chi connectivity index (χ4n) is 3.99. The summed E-state index contributed by atoms with van der Waals surface area (Å²) < 4.78 is 2.33. The molecule has 5 aromatic rings. The van der Waals surface area contributed by atoms with E-state index in [-0.39, 0.29) is 0 Å². The second-order valence-corrected chi connectivity index (χ2v) is 7.97. The third-order valence-corrected chi connectivity index (χ3v) is 5.61. The molecule has 0 bridgehead atoms. The van der Waals surface area contributed by atoms with E-state index in [2.05, 4.69) is 101 Å². The average Bonchev–Trinajstić information content (AvgIpc) is 3.26. The van der Waals surface area contributed by atoms with Gasteiger partial charge in [0.25, 0.3) is 0 Å². The molecule has 1 aromatic heterocycles. The number of hydrazone groups is 1. The van der Waals surface area contributed by atoms with Crippen LogP contribution in [-0.2, 0) is 0 Å². The van der Waals surface area contributed by atoms with Crippen molar-refractivity contribution in [3.63, 3.8) is 0 Å². The van der Waals surface area contributed by atoms with Crippen LogP contribution in [0.1, 0.15) is 11.1 Å². The molecule has 0 saturated heterocycles. The van der Waals surface area contributed by atoms with Gasteiger partial charge in [-0.25, -0.2) is 0 Å². The highest BCUT2D eigenvalue weighted by Crippen LogP contribution is 2.35. The van der Waals surface area contributed by atoms with Gasteiger partial charge in [-0.2, -0.15) is 5.10 Å². The van der Waals surface area contributed by atoms with E-state index < -0.39 is 0 Å². The van der Waals surface area contributed by atoms with Crippen LogP contribution < -0.4 is 5.43 Å². The van der Waals surface area contributed by atoms with Crippen molar-refractivity contribution in [1.82, 2.24) is 4.57 Å². The first kappa shape index (κ1) is 20.5. The van der Waals surface area contributed by atoms with Crippen LogP contribution in [0.25, 0.3) is 28.2 Å². The van der Waals surface area contributed by atoms with E-state index in [0.29, 0.717) is 0 Å². The van der Waals surface area contributed by atoms with Gasteiger partial charge in [0, 0.05) is 11.3 Å². The molecule has 5 rings (SSSR count). The van der Waals surface area contributed by atoms with Crippen molar-refractivity contribution < 1.29 is 0 Å². The summed E-state index contributed by atoms with van der Waals surface area (Å²) in [6.45, 7) is 2.11. The summed E-state index contributed by atoms with van der Waals surface area (Å²) in [6, 6.07) is 41.9. The van der Waals surface area contributed by atoms with Crippen molar-refractivity contribution in [3.8, 4) is 28.2 Å². The fourth-order valence-corrected chi connectivity index (χ4v) is 3.99. The third-order valence-electron chi connectivity index (χ3n) is 5.61. The Morgan fingerprint density at radius 2 is 1.24 bits per heavy atom. The minimum atomic E-state index is 0.955. The molecule has 3 heteroatoms. The van der Waals surface area contributed by atoms with Crippen LogP contribution in [0, 0.1) is 6.92 Å². The topological polar surface area (TPSA) is 29.3 Å². The predicted molar refractivity (Wildman–Crippen MR) is 139 cm³/mol. The molecular formula is C30H25N3. The molecule has 1 N–H and O–H groups in total. The van der Waals surface area contributed by atoms with Gasteiger partial charge in [0.15, 0.2) is 0 Å². The van der Waals surface area contributed by atoms with Crippen LogP contribution in [-0.4, -0.2) is 10.8 Å². The third kappa shape index (κ3) is 4.48. The number of hydrogen-bond donors (Lipinski definition) is 1. The molecule has 1 heterocycles. The van der Waals surface area contributed by atoms with Crippen molar-refractivity contribution in [3.05, 3.63) is 132 Å². The largest absolute Gasteiger partial charge is 0.309 e. The van der Waals surface area contributed by atoms with Crippen molar-refractivity contribution in [2.24, 2.45) is 5.10 Å². The molecule has 0 spiro atoms. The molecule has 0 aliphatic heterocycles. The van der Waals surface area contributed by atoms with E-state index in [1.54, 1.807) is 0 Å². The van der Waals surface area contributed by atoms with Gasteiger partial charge in [0.2, 0.25) is 0 Å². The van der Waals surface area contributed by atoms with E-state index in [4.69, 9.17) is 0 Å². The lowest BCUT2D eigenvalue weighted by Crippen LogP contribution is -2.01. The highest BCUT2D eigenvalue weighted by atomic mass is 15.3. The van der Waals surface area contributed by atoms with Gasteiger partial charge in [-0.1, -0.05) is 96.6 Å². The predicted octanol–water partition coefficient (Wildman–Crippen LogP) is 7.57. The molecule has 3 nitrogen and oxygen atoms in total. The maximum atomic E-state index is 4.57. The zero-order valence-corrected chi connectivity index (χ0v) is 18.5. The zero-order valence-electron chi connectivity index (χ0n) is 18.5. The highest BCUT2D eigenvalue weighted by Gasteiger charge is 2.18. The molecule has 4 aromatic carbocycles. The van der Waals surface area contributed by atoms with Crippen molar-refractivity contribution >= 4 is 11.9 Å². The van der Waals surface area contributed by atoms with Crippen LogP contribution in [0.2, 0.25) is 0 Å². The maximum Gasteiger partial charge on any atom is 0.0623 e. The lowest BCUT2D eigenvalue weighted by Gasteiger charge is -2.15. The molecule has 0 radical (unpaired) electrons. The number of hydrogen-bond acceptors (Lipinski definition) is 2. The molecule has 160 valence electrons. The molecule has 0 aliphatic rings. The summed E-state index contributed by atoms with van der Waals surface area (Å²) in [6.07, 6.45) is 1.91. The summed E-state index contributed by atoms with van der Waals surface area (Å²) in [7, 11) is 0. The number of aromatic nitrogens is 1. The summed E-state index contributed by atoms with van der Waals surface area (Å²) in [4.78, 5) is 0. The smallest absolute Gasteiger partial charge is 0.0623 e. The molecule has 0 atom stereocenters. The second-order valence-electron chi connectivity index (χ2n) is 7.97.